The molecule has 0 spiro atoms. The summed E-state index contributed by atoms with van der Waals surface area (Å²) in [4.78, 5) is 14.9. The zero-order valence-electron chi connectivity index (χ0n) is 9.41. The summed E-state index contributed by atoms with van der Waals surface area (Å²) >= 11 is 5.70. The first kappa shape index (κ1) is 13.5. The molecule has 1 aromatic carbocycles. The third kappa shape index (κ3) is 2.93. The normalized spacial score (nSPS) is 11.4. The maximum atomic E-state index is 12.4. The Morgan fingerprint density at radius 2 is 1.79 bits per heavy atom. The number of aldehydes is 1. The number of alkyl halides is 3. The van der Waals surface area contributed by atoms with Gasteiger partial charge in [-0.15, -0.1) is 0 Å². The minimum atomic E-state index is -4.39. The Bertz CT molecular complexity index is 608. The molecule has 0 radical (unpaired) electrons. The van der Waals surface area contributed by atoms with Crippen molar-refractivity contribution in [3.63, 3.8) is 0 Å². The molecule has 2 aromatic rings. The lowest BCUT2D eigenvalue weighted by atomic mass is 10.0. The lowest BCUT2D eigenvalue weighted by molar-refractivity contribution is -0.137. The molecule has 0 aliphatic heterocycles. The second-order valence-electron chi connectivity index (χ2n) is 3.78. The van der Waals surface area contributed by atoms with E-state index < -0.39 is 11.7 Å². The molecule has 6 heteroatoms. The summed E-state index contributed by atoms with van der Waals surface area (Å²) in [6, 6.07) is 5.84. The van der Waals surface area contributed by atoms with Crippen molar-refractivity contribution >= 4 is 17.9 Å². The molecule has 0 saturated heterocycles. The van der Waals surface area contributed by atoms with Crippen LogP contribution < -0.4 is 0 Å². The lowest BCUT2D eigenvalue weighted by Crippen LogP contribution is -2.04. The van der Waals surface area contributed by atoms with Gasteiger partial charge in [0.1, 0.15) is 0 Å². The van der Waals surface area contributed by atoms with Gasteiger partial charge >= 0.3 is 6.18 Å². The Labute approximate surface area is 111 Å². The van der Waals surface area contributed by atoms with Gasteiger partial charge in [0.2, 0.25) is 0 Å². The van der Waals surface area contributed by atoms with E-state index in [0.29, 0.717) is 17.5 Å². The number of carbonyl (C=O) groups excluding carboxylic acids is 1. The minimum Gasteiger partial charge on any atom is -0.298 e. The fraction of sp³-hybridized carbons (Fsp3) is 0.0769. The number of pyridine rings is 1. The molecule has 0 unspecified atom stereocenters. The molecule has 2 nitrogen and oxygen atoms in total. The van der Waals surface area contributed by atoms with Crippen molar-refractivity contribution in [2.24, 2.45) is 0 Å². The van der Waals surface area contributed by atoms with Crippen LogP contribution in [0, 0.1) is 0 Å². The van der Waals surface area contributed by atoms with Crippen LogP contribution in [0.4, 0.5) is 13.2 Å². The van der Waals surface area contributed by atoms with Gasteiger partial charge in [0, 0.05) is 17.3 Å². The van der Waals surface area contributed by atoms with Gasteiger partial charge in [-0.3, -0.25) is 9.78 Å². The van der Waals surface area contributed by atoms with Crippen LogP contribution in [0.25, 0.3) is 11.3 Å². The molecule has 1 aromatic heterocycles. The Morgan fingerprint density at radius 1 is 1.16 bits per heavy atom. The van der Waals surface area contributed by atoms with E-state index in [1.807, 2.05) is 0 Å². The van der Waals surface area contributed by atoms with Crippen LogP contribution in [-0.2, 0) is 6.18 Å². The second kappa shape index (κ2) is 5.01. The van der Waals surface area contributed by atoms with E-state index in [2.05, 4.69) is 4.98 Å². The van der Waals surface area contributed by atoms with Crippen molar-refractivity contribution in [3.05, 3.63) is 52.7 Å². The number of aromatic nitrogens is 1. The Kier molecular flexibility index (Phi) is 3.57. The highest BCUT2D eigenvalue weighted by atomic mass is 35.5. The molecule has 0 aliphatic carbocycles. The maximum Gasteiger partial charge on any atom is 0.416 e. The van der Waals surface area contributed by atoms with Gasteiger partial charge in [-0.2, -0.15) is 13.2 Å². The fourth-order valence-corrected chi connectivity index (χ4v) is 1.77. The Hall–Kier alpha value is -1.88. The monoisotopic (exact) mass is 285 g/mol. The summed E-state index contributed by atoms with van der Waals surface area (Å²) < 4.78 is 37.3. The standard InChI is InChI=1S/C13H7ClF3NO/c14-11-5-9(7-19)12(18-6-11)8-1-3-10(4-2-8)13(15,16)17/h1-7H. The van der Waals surface area contributed by atoms with Gasteiger partial charge in [0.25, 0.3) is 0 Å². The molecule has 0 N–H and O–H groups in total. The van der Waals surface area contributed by atoms with Gasteiger partial charge < -0.3 is 0 Å². The molecule has 0 saturated carbocycles. The zero-order valence-corrected chi connectivity index (χ0v) is 10.2. The van der Waals surface area contributed by atoms with Crippen molar-refractivity contribution < 1.29 is 18.0 Å². The molecule has 98 valence electrons. The summed E-state index contributed by atoms with van der Waals surface area (Å²) in [5.74, 6) is 0. The molecule has 1 heterocycles. The van der Waals surface area contributed by atoms with Crippen LogP contribution in [-0.4, -0.2) is 11.3 Å². The number of hydrogen-bond donors (Lipinski definition) is 0. The van der Waals surface area contributed by atoms with Crippen LogP contribution in [0.2, 0.25) is 5.02 Å². The average molecular weight is 286 g/mol. The highest BCUT2D eigenvalue weighted by Gasteiger charge is 2.30. The summed E-state index contributed by atoms with van der Waals surface area (Å²) in [7, 11) is 0. The number of halogens is 4. The largest absolute Gasteiger partial charge is 0.416 e. The third-order valence-electron chi connectivity index (χ3n) is 2.50. The molecule has 0 bridgehead atoms. The smallest absolute Gasteiger partial charge is 0.298 e. The number of rotatable bonds is 2. The van der Waals surface area contributed by atoms with Crippen molar-refractivity contribution in [1.29, 1.82) is 0 Å². The van der Waals surface area contributed by atoms with Gasteiger partial charge in [-0.25, -0.2) is 0 Å². The molecule has 0 fully saturated rings. The van der Waals surface area contributed by atoms with Gasteiger partial charge in [0.05, 0.1) is 16.3 Å². The maximum absolute atomic E-state index is 12.4. The zero-order chi connectivity index (χ0) is 14.0. The summed E-state index contributed by atoms with van der Waals surface area (Å²) in [6.07, 6.45) is -2.49. The molecule has 0 amide bonds. The van der Waals surface area contributed by atoms with Crippen LogP contribution in [0.5, 0.6) is 0 Å². The Morgan fingerprint density at radius 3 is 2.32 bits per heavy atom. The Balaban J connectivity index is 2.46. The van der Waals surface area contributed by atoms with Gasteiger partial charge in [-0.1, -0.05) is 23.7 Å². The van der Waals surface area contributed by atoms with Crippen LogP contribution in [0.3, 0.4) is 0 Å². The van der Waals surface area contributed by atoms with Crippen molar-refractivity contribution in [3.8, 4) is 11.3 Å². The van der Waals surface area contributed by atoms with Crippen molar-refractivity contribution in [2.45, 2.75) is 6.18 Å². The SMILES string of the molecule is O=Cc1cc(Cl)cnc1-c1ccc(C(F)(F)F)cc1. The van der Waals surface area contributed by atoms with E-state index in [-0.39, 0.29) is 10.6 Å². The van der Waals surface area contributed by atoms with E-state index in [9.17, 15) is 18.0 Å². The molecule has 19 heavy (non-hydrogen) atoms. The molecular formula is C13H7ClF3NO. The van der Waals surface area contributed by atoms with E-state index in [0.717, 1.165) is 12.1 Å². The molecular weight excluding hydrogens is 279 g/mol. The topological polar surface area (TPSA) is 30.0 Å². The van der Waals surface area contributed by atoms with Crippen molar-refractivity contribution in [2.75, 3.05) is 0 Å². The van der Waals surface area contributed by atoms with Gasteiger partial charge in [-0.05, 0) is 18.2 Å². The summed E-state index contributed by atoms with van der Waals surface area (Å²) in [5.41, 5.74) is 0.199. The first-order valence-electron chi connectivity index (χ1n) is 5.20. The quantitative estimate of drug-likeness (QED) is 0.773. The highest BCUT2D eigenvalue weighted by molar-refractivity contribution is 6.30. The molecule has 0 aliphatic rings. The first-order valence-corrected chi connectivity index (χ1v) is 5.58. The van der Waals surface area contributed by atoms with Crippen LogP contribution >= 0.6 is 11.6 Å². The summed E-state index contributed by atoms with van der Waals surface area (Å²) in [5, 5.41) is 0.290. The minimum absolute atomic E-state index is 0.229. The average Bonchev–Trinajstić information content (AvgIpc) is 2.37. The van der Waals surface area contributed by atoms with Crippen LogP contribution in [0.15, 0.2) is 36.5 Å². The third-order valence-corrected chi connectivity index (χ3v) is 2.70. The van der Waals surface area contributed by atoms with Crippen LogP contribution in [0.1, 0.15) is 15.9 Å². The predicted octanol–water partition coefficient (Wildman–Crippen LogP) is 4.23. The predicted molar refractivity (Wildman–Crippen MR) is 65.1 cm³/mol. The van der Waals surface area contributed by atoms with Gasteiger partial charge in [0.15, 0.2) is 6.29 Å². The first-order chi connectivity index (χ1) is 8.91. The fourth-order valence-electron chi connectivity index (χ4n) is 1.60. The molecule has 2 rings (SSSR count). The number of carbonyl (C=O) groups is 1. The highest BCUT2D eigenvalue weighted by Crippen LogP contribution is 2.31. The summed E-state index contributed by atoms with van der Waals surface area (Å²) in [6.45, 7) is 0. The number of hydrogen-bond acceptors (Lipinski definition) is 2. The number of benzene rings is 1. The van der Waals surface area contributed by atoms with E-state index in [4.69, 9.17) is 11.6 Å². The molecule has 0 atom stereocenters. The van der Waals surface area contributed by atoms with Crippen molar-refractivity contribution in [1.82, 2.24) is 4.98 Å². The van der Waals surface area contributed by atoms with E-state index in [1.165, 1.54) is 24.4 Å². The van der Waals surface area contributed by atoms with E-state index in [1.54, 1.807) is 0 Å². The number of nitrogens with zero attached hydrogens (tertiary/aromatic N) is 1. The lowest BCUT2D eigenvalue weighted by Gasteiger charge is -2.08. The van der Waals surface area contributed by atoms with E-state index >= 15 is 0 Å². The second-order valence-corrected chi connectivity index (χ2v) is 4.22.